The quantitative estimate of drug-likeness (QED) is 0.745. The molecule has 0 amide bonds. The van der Waals surface area contributed by atoms with Gasteiger partial charge in [0.15, 0.2) is 0 Å². The van der Waals surface area contributed by atoms with E-state index >= 15 is 0 Å². The first-order valence-electron chi connectivity index (χ1n) is 4.50. The van der Waals surface area contributed by atoms with Crippen LogP contribution in [0, 0.1) is 12.8 Å². The van der Waals surface area contributed by atoms with Gasteiger partial charge in [0.2, 0.25) is 0 Å². The molecule has 1 fully saturated rings. The third-order valence-corrected chi connectivity index (χ3v) is 2.14. The van der Waals surface area contributed by atoms with Gasteiger partial charge in [0.1, 0.15) is 6.26 Å². The first-order valence-corrected chi connectivity index (χ1v) is 4.50. The highest BCUT2D eigenvalue weighted by Gasteiger charge is 2.20. The summed E-state index contributed by atoms with van der Waals surface area (Å²) in [5, 5.41) is 3.16. The molecule has 0 spiro atoms. The number of nitrogens with one attached hydrogen (secondary N) is 1. The number of anilines is 1. The number of hydrogen-bond donors (Lipinski definition) is 1. The Morgan fingerprint density at radius 2 is 2.50 bits per heavy atom. The smallest absolute Gasteiger partial charge is 0.294 e. The van der Waals surface area contributed by atoms with E-state index < -0.39 is 0 Å². The largest absolute Gasteiger partial charge is 0.432 e. The summed E-state index contributed by atoms with van der Waals surface area (Å²) >= 11 is 0. The lowest BCUT2D eigenvalue weighted by Gasteiger charge is -1.98. The second-order valence-corrected chi connectivity index (χ2v) is 3.45. The number of oxazole rings is 1. The monoisotopic (exact) mass is 166 g/mol. The summed E-state index contributed by atoms with van der Waals surface area (Å²) in [5.74, 6) is 0.966. The Bertz CT molecular complexity index is 253. The molecule has 0 aliphatic heterocycles. The molecule has 0 unspecified atom stereocenters. The zero-order valence-corrected chi connectivity index (χ0v) is 7.34. The molecule has 0 bridgehead atoms. The van der Waals surface area contributed by atoms with E-state index in [4.69, 9.17) is 4.42 Å². The van der Waals surface area contributed by atoms with Gasteiger partial charge in [0.25, 0.3) is 6.01 Å². The van der Waals surface area contributed by atoms with Crippen molar-refractivity contribution in [1.82, 2.24) is 4.98 Å². The molecule has 0 saturated heterocycles. The second kappa shape index (κ2) is 3.17. The Morgan fingerprint density at radius 1 is 1.67 bits per heavy atom. The van der Waals surface area contributed by atoms with E-state index in [-0.39, 0.29) is 0 Å². The first-order chi connectivity index (χ1) is 5.84. The molecule has 1 aliphatic rings. The maximum atomic E-state index is 5.14. The molecule has 66 valence electrons. The van der Waals surface area contributed by atoms with Crippen molar-refractivity contribution < 1.29 is 4.42 Å². The average molecular weight is 166 g/mol. The van der Waals surface area contributed by atoms with Gasteiger partial charge in [0.05, 0.1) is 5.69 Å². The van der Waals surface area contributed by atoms with Gasteiger partial charge in [-0.25, -0.2) is 0 Å². The van der Waals surface area contributed by atoms with Crippen molar-refractivity contribution in [1.29, 1.82) is 0 Å². The Hall–Kier alpha value is -0.990. The van der Waals surface area contributed by atoms with Gasteiger partial charge in [0, 0.05) is 6.54 Å². The van der Waals surface area contributed by atoms with E-state index in [2.05, 4.69) is 10.3 Å². The van der Waals surface area contributed by atoms with Crippen molar-refractivity contribution in [3.63, 3.8) is 0 Å². The van der Waals surface area contributed by atoms with Gasteiger partial charge < -0.3 is 9.73 Å². The van der Waals surface area contributed by atoms with Crippen LogP contribution in [-0.2, 0) is 0 Å². The van der Waals surface area contributed by atoms with Crippen molar-refractivity contribution in [2.24, 2.45) is 5.92 Å². The Kier molecular flexibility index (Phi) is 2.02. The molecule has 0 aromatic carbocycles. The Morgan fingerprint density at radius 3 is 3.08 bits per heavy atom. The van der Waals surface area contributed by atoms with Crippen molar-refractivity contribution in [2.45, 2.75) is 26.2 Å². The summed E-state index contributed by atoms with van der Waals surface area (Å²) < 4.78 is 5.14. The minimum Gasteiger partial charge on any atom is -0.432 e. The molecular weight excluding hydrogens is 152 g/mol. The van der Waals surface area contributed by atoms with E-state index in [1.54, 1.807) is 6.26 Å². The third-order valence-electron chi connectivity index (χ3n) is 2.14. The topological polar surface area (TPSA) is 38.1 Å². The molecular formula is C9H14N2O. The van der Waals surface area contributed by atoms with Gasteiger partial charge in [-0.05, 0) is 19.3 Å². The van der Waals surface area contributed by atoms with Crippen molar-refractivity contribution in [3.8, 4) is 0 Å². The highest BCUT2D eigenvalue weighted by molar-refractivity contribution is 5.20. The van der Waals surface area contributed by atoms with E-state index in [1.807, 2.05) is 6.92 Å². The van der Waals surface area contributed by atoms with E-state index in [0.29, 0.717) is 6.01 Å². The summed E-state index contributed by atoms with van der Waals surface area (Å²) in [6.45, 7) is 2.92. The fourth-order valence-electron chi connectivity index (χ4n) is 1.22. The standard InChI is InChI=1S/C9H14N2O/c1-7-6-12-9(11-7)10-5-4-8-2-3-8/h6,8H,2-5H2,1H3,(H,10,11). The number of aromatic nitrogens is 1. The van der Waals surface area contributed by atoms with Gasteiger partial charge in [-0.3, -0.25) is 0 Å². The molecule has 0 atom stereocenters. The molecule has 2 rings (SSSR count). The molecule has 3 heteroatoms. The molecule has 1 aromatic rings. The molecule has 0 radical (unpaired) electrons. The fourth-order valence-corrected chi connectivity index (χ4v) is 1.22. The minimum atomic E-state index is 0.660. The summed E-state index contributed by atoms with van der Waals surface area (Å²) in [6.07, 6.45) is 5.74. The zero-order valence-electron chi connectivity index (χ0n) is 7.34. The van der Waals surface area contributed by atoms with Crippen LogP contribution in [0.1, 0.15) is 25.0 Å². The SMILES string of the molecule is Cc1coc(NCCC2CC2)n1. The molecule has 1 aliphatic carbocycles. The van der Waals surface area contributed by atoms with Crippen LogP contribution in [0.5, 0.6) is 0 Å². The fraction of sp³-hybridized carbons (Fsp3) is 0.667. The maximum absolute atomic E-state index is 5.14. The molecule has 1 N–H and O–H groups in total. The molecule has 3 nitrogen and oxygen atoms in total. The van der Waals surface area contributed by atoms with Crippen LogP contribution in [0.2, 0.25) is 0 Å². The normalized spacial score (nSPS) is 16.4. The van der Waals surface area contributed by atoms with Crippen LogP contribution in [0.25, 0.3) is 0 Å². The van der Waals surface area contributed by atoms with Crippen LogP contribution in [-0.4, -0.2) is 11.5 Å². The van der Waals surface area contributed by atoms with Crippen molar-refractivity contribution in [2.75, 3.05) is 11.9 Å². The van der Waals surface area contributed by atoms with E-state index in [9.17, 15) is 0 Å². The molecule has 1 heterocycles. The van der Waals surface area contributed by atoms with Gasteiger partial charge in [-0.15, -0.1) is 0 Å². The van der Waals surface area contributed by atoms with E-state index in [0.717, 1.165) is 18.2 Å². The number of hydrogen-bond acceptors (Lipinski definition) is 3. The molecule has 1 saturated carbocycles. The number of aryl methyl sites for hydroxylation is 1. The van der Waals surface area contributed by atoms with Crippen LogP contribution in [0.15, 0.2) is 10.7 Å². The maximum Gasteiger partial charge on any atom is 0.294 e. The first kappa shape index (κ1) is 7.65. The van der Waals surface area contributed by atoms with E-state index in [1.165, 1.54) is 19.3 Å². The van der Waals surface area contributed by atoms with Gasteiger partial charge in [-0.1, -0.05) is 12.8 Å². The summed E-state index contributed by atoms with van der Waals surface area (Å²) in [6, 6.07) is 0.660. The van der Waals surface area contributed by atoms with Crippen LogP contribution < -0.4 is 5.32 Å². The summed E-state index contributed by atoms with van der Waals surface area (Å²) in [4.78, 5) is 4.15. The average Bonchev–Trinajstić information content (AvgIpc) is 2.76. The zero-order chi connectivity index (χ0) is 8.39. The summed E-state index contributed by atoms with van der Waals surface area (Å²) in [5.41, 5.74) is 0.934. The van der Waals surface area contributed by atoms with Crippen LogP contribution in [0.4, 0.5) is 6.01 Å². The lowest BCUT2D eigenvalue weighted by molar-refractivity contribution is 0.567. The number of rotatable bonds is 4. The second-order valence-electron chi connectivity index (χ2n) is 3.45. The third kappa shape index (κ3) is 2.00. The Balaban J connectivity index is 1.71. The van der Waals surface area contributed by atoms with Gasteiger partial charge >= 0.3 is 0 Å². The Labute approximate surface area is 72.2 Å². The lowest BCUT2D eigenvalue weighted by atomic mass is 10.3. The summed E-state index contributed by atoms with van der Waals surface area (Å²) in [7, 11) is 0. The highest BCUT2D eigenvalue weighted by atomic mass is 16.4. The predicted octanol–water partition coefficient (Wildman–Crippen LogP) is 2.20. The highest BCUT2D eigenvalue weighted by Crippen LogP contribution is 2.31. The molecule has 12 heavy (non-hydrogen) atoms. The lowest BCUT2D eigenvalue weighted by Crippen LogP contribution is -2.02. The predicted molar refractivity (Wildman–Crippen MR) is 47.1 cm³/mol. The minimum absolute atomic E-state index is 0.660. The van der Waals surface area contributed by atoms with Gasteiger partial charge in [-0.2, -0.15) is 4.98 Å². The molecule has 1 aromatic heterocycles. The number of nitrogens with zero attached hydrogens (tertiary/aromatic N) is 1. The van der Waals surface area contributed by atoms with Crippen LogP contribution >= 0.6 is 0 Å². The van der Waals surface area contributed by atoms with Crippen molar-refractivity contribution >= 4 is 6.01 Å². The van der Waals surface area contributed by atoms with Crippen LogP contribution in [0.3, 0.4) is 0 Å². The van der Waals surface area contributed by atoms with Crippen molar-refractivity contribution in [3.05, 3.63) is 12.0 Å².